The molecule has 6 heteroatoms. The Morgan fingerprint density at radius 1 is 0.611 bits per heavy atom. The molecule has 2 heterocycles. The second-order valence-electron chi connectivity index (χ2n) is 14.6. The molecule has 2 saturated heterocycles. The minimum atomic E-state index is -0.576. The van der Waals surface area contributed by atoms with Crippen LogP contribution in [0.25, 0.3) is 0 Å². The molecule has 6 aliphatic rings. The summed E-state index contributed by atoms with van der Waals surface area (Å²) >= 11 is 0. The first kappa shape index (κ1) is 25.2. The van der Waals surface area contributed by atoms with Crippen LogP contribution in [0.15, 0.2) is 0 Å². The largest absolute Gasteiger partial charge is 0.392 e. The Morgan fingerprint density at radius 2 is 0.944 bits per heavy atom. The van der Waals surface area contributed by atoms with Gasteiger partial charge < -0.3 is 20.0 Å². The number of fused-ring (bicyclic) bond motifs is 4. The summed E-state index contributed by atoms with van der Waals surface area (Å²) in [6.45, 7) is 12.1. The second-order valence-corrected chi connectivity index (χ2v) is 14.6. The summed E-state index contributed by atoms with van der Waals surface area (Å²) in [5, 5.41) is 21.8. The Kier molecular flexibility index (Phi) is 5.71. The van der Waals surface area contributed by atoms with Gasteiger partial charge in [0, 0.05) is 26.2 Å². The van der Waals surface area contributed by atoms with E-state index >= 15 is 0 Å². The predicted octanol–water partition coefficient (Wildman–Crippen LogP) is 3.84. The van der Waals surface area contributed by atoms with Gasteiger partial charge in [0.2, 0.25) is 11.8 Å². The molecule has 6 nitrogen and oxygen atoms in total. The van der Waals surface area contributed by atoms with Gasteiger partial charge in [0.05, 0.1) is 23.0 Å². The SMILES string of the molecule is CC1(C)[C@@H]2CC[C@@]1(C(=O)N1CCC(C3CCN(C(=O)[C@]45CC[C@H](C[C@H]4O)C5(C)C)CC3)CC1)[C@H](O)C2. The summed E-state index contributed by atoms with van der Waals surface area (Å²) in [6, 6.07) is 0. The van der Waals surface area contributed by atoms with Gasteiger partial charge in [-0.2, -0.15) is 0 Å². The minimum absolute atomic E-state index is 0.111. The number of likely N-dealkylation sites (tertiary alicyclic amines) is 2. The molecule has 2 amide bonds. The van der Waals surface area contributed by atoms with Crippen molar-refractivity contribution >= 4 is 11.8 Å². The fourth-order valence-corrected chi connectivity index (χ4v) is 10.6. The van der Waals surface area contributed by atoms with E-state index in [2.05, 4.69) is 37.5 Å². The van der Waals surface area contributed by atoms with Crippen LogP contribution in [-0.4, -0.2) is 70.2 Å². The molecular formula is C30H48N2O4. The van der Waals surface area contributed by atoms with Gasteiger partial charge >= 0.3 is 0 Å². The summed E-state index contributed by atoms with van der Waals surface area (Å²) in [5.41, 5.74) is -1.37. The van der Waals surface area contributed by atoms with E-state index in [9.17, 15) is 19.8 Å². The lowest BCUT2D eigenvalue weighted by Gasteiger charge is -2.47. The average molecular weight is 501 g/mol. The minimum Gasteiger partial charge on any atom is -0.392 e. The highest BCUT2D eigenvalue weighted by molar-refractivity contribution is 5.86. The van der Waals surface area contributed by atoms with Crippen LogP contribution in [0.3, 0.4) is 0 Å². The first-order valence-electron chi connectivity index (χ1n) is 14.9. The molecule has 202 valence electrons. The van der Waals surface area contributed by atoms with Crippen molar-refractivity contribution in [3.63, 3.8) is 0 Å². The van der Waals surface area contributed by atoms with E-state index in [0.29, 0.717) is 23.7 Å². The topological polar surface area (TPSA) is 81.1 Å². The van der Waals surface area contributed by atoms with Gasteiger partial charge in [0.25, 0.3) is 0 Å². The molecule has 2 N–H and O–H groups in total. The third-order valence-electron chi connectivity index (χ3n) is 13.4. The molecule has 4 saturated carbocycles. The van der Waals surface area contributed by atoms with Gasteiger partial charge in [-0.1, -0.05) is 27.7 Å². The number of aliphatic hydroxyl groups is 2. The molecule has 6 atom stereocenters. The molecule has 0 unspecified atom stereocenters. The molecule has 0 aromatic heterocycles. The summed E-state index contributed by atoms with van der Waals surface area (Å²) in [5.74, 6) is 2.59. The fourth-order valence-electron chi connectivity index (χ4n) is 10.6. The highest BCUT2D eigenvalue weighted by atomic mass is 16.3. The molecule has 6 fully saturated rings. The zero-order valence-electron chi connectivity index (χ0n) is 23.0. The van der Waals surface area contributed by atoms with Crippen molar-refractivity contribution in [1.82, 2.24) is 9.80 Å². The Balaban J connectivity index is 1.05. The Morgan fingerprint density at radius 3 is 1.19 bits per heavy atom. The number of piperidine rings is 2. The Labute approximate surface area is 217 Å². The molecule has 0 aromatic rings. The third-order valence-corrected chi connectivity index (χ3v) is 13.4. The number of amides is 2. The first-order valence-corrected chi connectivity index (χ1v) is 14.9. The van der Waals surface area contributed by atoms with Gasteiger partial charge in [-0.3, -0.25) is 9.59 Å². The summed E-state index contributed by atoms with van der Waals surface area (Å²) in [6.07, 6.45) is 8.55. The molecule has 0 spiro atoms. The quantitative estimate of drug-likeness (QED) is 0.617. The third kappa shape index (κ3) is 3.03. The Hall–Kier alpha value is -1.14. The van der Waals surface area contributed by atoms with E-state index in [1.165, 1.54) is 0 Å². The number of carbonyl (C=O) groups excluding carboxylic acids is 2. The van der Waals surface area contributed by atoms with Gasteiger partial charge in [0.15, 0.2) is 0 Å². The predicted molar refractivity (Wildman–Crippen MR) is 138 cm³/mol. The van der Waals surface area contributed by atoms with E-state index in [-0.39, 0.29) is 22.6 Å². The van der Waals surface area contributed by atoms with Gasteiger partial charge in [-0.05, 0) is 98.7 Å². The number of carbonyl (C=O) groups is 2. The van der Waals surface area contributed by atoms with Crippen LogP contribution in [0.2, 0.25) is 0 Å². The average Bonchev–Trinajstić information content (AvgIpc) is 3.42. The van der Waals surface area contributed by atoms with Crippen molar-refractivity contribution < 1.29 is 19.8 Å². The van der Waals surface area contributed by atoms with Crippen molar-refractivity contribution in [2.75, 3.05) is 26.2 Å². The summed E-state index contributed by atoms with van der Waals surface area (Å²) in [7, 11) is 0. The number of aliphatic hydroxyl groups excluding tert-OH is 2. The van der Waals surface area contributed by atoms with Crippen LogP contribution < -0.4 is 0 Å². The van der Waals surface area contributed by atoms with Crippen LogP contribution in [0, 0.1) is 45.3 Å². The van der Waals surface area contributed by atoms with Crippen molar-refractivity contribution in [2.24, 2.45) is 45.3 Å². The number of rotatable bonds is 3. The second kappa shape index (κ2) is 8.18. The van der Waals surface area contributed by atoms with Crippen molar-refractivity contribution in [3.05, 3.63) is 0 Å². The maximum Gasteiger partial charge on any atom is 0.231 e. The molecule has 0 aromatic carbocycles. The number of hydrogen-bond acceptors (Lipinski definition) is 4. The standard InChI is InChI=1S/C30H48N2O4/c1-27(2)21-5-11-29(27,23(33)17-21)25(35)31-13-7-19(8-14-31)20-9-15-32(16-10-20)26(36)30-12-6-22(18-24(30)34)28(30,3)4/h19-24,33-34H,5-18H2,1-4H3/t21-,22-,23-,24-,29+,30+/m1/s1. The molecule has 2 aliphatic heterocycles. The van der Waals surface area contributed by atoms with Gasteiger partial charge in [0.1, 0.15) is 0 Å². The highest BCUT2D eigenvalue weighted by Crippen LogP contribution is 2.67. The van der Waals surface area contributed by atoms with E-state index < -0.39 is 23.0 Å². The lowest BCUT2D eigenvalue weighted by Crippen LogP contribution is -2.56. The van der Waals surface area contributed by atoms with E-state index in [1.54, 1.807) is 0 Å². The van der Waals surface area contributed by atoms with E-state index in [4.69, 9.17) is 0 Å². The smallest absolute Gasteiger partial charge is 0.231 e. The summed E-state index contributed by atoms with van der Waals surface area (Å²) in [4.78, 5) is 31.7. The molecule has 36 heavy (non-hydrogen) atoms. The van der Waals surface area contributed by atoms with Crippen LogP contribution in [0.5, 0.6) is 0 Å². The van der Waals surface area contributed by atoms with Gasteiger partial charge in [-0.15, -0.1) is 0 Å². The normalized spacial score (nSPS) is 43.9. The molecule has 4 bridgehead atoms. The maximum atomic E-state index is 13.8. The van der Waals surface area contributed by atoms with E-state index in [0.717, 1.165) is 90.4 Å². The lowest BCUT2D eigenvalue weighted by atomic mass is 9.66. The maximum absolute atomic E-state index is 13.8. The highest BCUT2D eigenvalue weighted by Gasteiger charge is 2.69. The van der Waals surface area contributed by atoms with Crippen molar-refractivity contribution in [3.8, 4) is 0 Å². The van der Waals surface area contributed by atoms with Crippen LogP contribution in [0.4, 0.5) is 0 Å². The Bertz CT molecular complexity index is 842. The summed E-state index contributed by atoms with van der Waals surface area (Å²) < 4.78 is 0. The van der Waals surface area contributed by atoms with Crippen LogP contribution in [-0.2, 0) is 9.59 Å². The van der Waals surface area contributed by atoms with Crippen LogP contribution in [0.1, 0.15) is 91.9 Å². The van der Waals surface area contributed by atoms with Crippen LogP contribution >= 0.6 is 0 Å². The number of hydrogen-bond donors (Lipinski definition) is 2. The molecule has 0 radical (unpaired) electrons. The zero-order chi connectivity index (χ0) is 25.7. The van der Waals surface area contributed by atoms with Crippen molar-refractivity contribution in [1.29, 1.82) is 0 Å². The molecule has 6 rings (SSSR count). The first-order chi connectivity index (χ1) is 17.0. The fraction of sp³-hybridized carbons (Fsp3) is 0.933. The van der Waals surface area contributed by atoms with E-state index in [1.807, 2.05) is 0 Å². The van der Waals surface area contributed by atoms with Gasteiger partial charge in [-0.25, -0.2) is 0 Å². The molecule has 4 aliphatic carbocycles. The van der Waals surface area contributed by atoms with Crippen molar-refractivity contribution in [2.45, 2.75) is 104 Å². The molecular weight excluding hydrogens is 452 g/mol. The lowest BCUT2D eigenvalue weighted by molar-refractivity contribution is -0.158. The number of nitrogens with zero attached hydrogens (tertiary/aromatic N) is 2. The zero-order valence-corrected chi connectivity index (χ0v) is 23.0. The monoisotopic (exact) mass is 500 g/mol.